The molecule has 1 aromatic rings. The molecule has 0 aliphatic heterocycles. The minimum Gasteiger partial charge on any atom is -0.465 e. The van der Waals surface area contributed by atoms with Crippen molar-refractivity contribution >= 4 is 21.7 Å². The van der Waals surface area contributed by atoms with Crippen LogP contribution in [0.4, 0.5) is 5.69 Å². The number of nitrogens with zero attached hydrogens (tertiary/aromatic N) is 1. The van der Waals surface area contributed by atoms with E-state index in [9.17, 15) is 8.42 Å². The van der Waals surface area contributed by atoms with E-state index in [2.05, 4.69) is 4.40 Å². The van der Waals surface area contributed by atoms with Crippen molar-refractivity contribution in [2.45, 2.75) is 11.8 Å². The molecular weight excluding hydrogens is 230 g/mol. The summed E-state index contributed by atoms with van der Waals surface area (Å²) < 4.78 is 31.3. The molecule has 88 valence electrons. The van der Waals surface area contributed by atoms with Gasteiger partial charge in [-0.05, 0) is 31.2 Å². The molecule has 0 aliphatic rings. The highest BCUT2D eigenvalue weighted by atomic mass is 32.2. The fraction of sp³-hybridized carbons (Fsp3) is 0.222. The zero-order chi connectivity index (χ0) is 12.2. The Morgan fingerprint density at radius 1 is 1.38 bits per heavy atom. The smallest absolute Gasteiger partial charge is 0.298 e. The van der Waals surface area contributed by atoms with Gasteiger partial charge in [-0.3, -0.25) is 0 Å². The van der Waals surface area contributed by atoms with E-state index < -0.39 is 10.0 Å². The Morgan fingerprint density at radius 2 is 1.94 bits per heavy atom. The zero-order valence-electron chi connectivity index (χ0n) is 8.75. The molecule has 0 amide bonds. The minimum absolute atomic E-state index is 0.0179. The Balaban J connectivity index is 3.03. The van der Waals surface area contributed by atoms with Crippen molar-refractivity contribution in [1.29, 1.82) is 0 Å². The fourth-order valence-electron chi connectivity index (χ4n) is 0.985. The maximum atomic E-state index is 11.6. The molecule has 0 unspecified atom stereocenters. The number of amidine groups is 1. The van der Waals surface area contributed by atoms with Gasteiger partial charge in [0.15, 0.2) is 0 Å². The summed E-state index contributed by atoms with van der Waals surface area (Å²) >= 11 is 0. The first-order valence-electron chi connectivity index (χ1n) is 4.54. The molecule has 1 rings (SSSR count). The van der Waals surface area contributed by atoms with Gasteiger partial charge in [0.25, 0.3) is 16.0 Å². The maximum absolute atomic E-state index is 11.6. The van der Waals surface area contributed by atoms with Crippen molar-refractivity contribution < 1.29 is 13.2 Å². The fourth-order valence-corrected chi connectivity index (χ4v) is 1.86. The lowest BCUT2D eigenvalue weighted by Crippen LogP contribution is -2.18. The average molecular weight is 243 g/mol. The van der Waals surface area contributed by atoms with Crippen LogP contribution in [-0.2, 0) is 14.8 Å². The molecule has 0 spiro atoms. The molecule has 0 atom stereocenters. The molecule has 0 saturated heterocycles. The lowest BCUT2D eigenvalue weighted by atomic mass is 10.3. The van der Waals surface area contributed by atoms with E-state index in [0.717, 1.165) is 0 Å². The predicted molar refractivity (Wildman–Crippen MR) is 61.3 cm³/mol. The summed E-state index contributed by atoms with van der Waals surface area (Å²) in [5.41, 5.74) is 11.2. The van der Waals surface area contributed by atoms with Gasteiger partial charge < -0.3 is 16.2 Å². The number of rotatable bonds is 3. The highest BCUT2D eigenvalue weighted by molar-refractivity contribution is 7.90. The SMILES string of the molecule is CCO/C(N)=N/S(=O)(=O)c1ccc(N)cc1. The number of hydrogen-bond acceptors (Lipinski definition) is 4. The van der Waals surface area contributed by atoms with Crippen LogP contribution in [0, 0.1) is 0 Å². The second-order valence-corrected chi connectivity index (χ2v) is 4.51. The first-order chi connectivity index (χ1) is 7.45. The van der Waals surface area contributed by atoms with Crippen molar-refractivity contribution in [2.75, 3.05) is 12.3 Å². The summed E-state index contributed by atoms with van der Waals surface area (Å²) in [4.78, 5) is 0.0179. The van der Waals surface area contributed by atoms with E-state index >= 15 is 0 Å². The van der Waals surface area contributed by atoms with E-state index in [0.29, 0.717) is 5.69 Å². The third-order valence-electron chi connectivity index (χ3n) is 1.68. The van der Waals surface area contributed by atoms with Crippen molar-refractivity contribution in [3.63, 3.8) is 0 Å². The second kappa shape index (κ2) is 4.84. The van der Waals surface area contributed by atoms with Gasteiger partial charge in [0, 0.05) is 5.69 Å². The summed E-state index contributed by atoms with van der Waals surface area (Å²) in [6, 6.07) is 5.28. The summed E-state index contributed by atoms with van der Waals surface area (Å²) in [6.45, 7) is 1.94. The molecule has 16 heavy (non-hydrogen) atoms. The number of hydrogen-bond donors (Lipinski definition) is 2. The van der Waals surface area contributed by atoms with E-state index in [1.165, 1.54) is 24.3 Å². The quantitative estimate of drug-likeness (QED) is 0.451. The van der Waals surface area contributed by atoms with Gasteiger partial charge in [-0.25, -0.2) is 0 Å². The van der Waals surface area contributed by atoms with E-state index in [1.54, 1.807) is 6.92 Å². The largest absolute Gasteiger partial charge is 0.465 e. The molecule has 0 aliphatic carbocycles. The van der Waals surface area contributed by atoms with Crippen LogP contribution in [0.25, 0.3) is 0 Å². The van der Waals surface area contributed by atoms with Crippen LogP contribution in [0.2, 0.25) is 0 Å². The van der Waals surface area contributed by atoms with Crippen molar-refractivity contribution in [2.24, 2.45) is 10.1 Å². The van der Waals surface area contributed by atoms with E-state index in [4.69, 9.17) is 16.2 Å². The molecule has 7 heteroatoms. The third-order valence-corrected chi connectivity index (χ3v) is 2.97. The number of anilines is 1. The molecule has 0 bridgehead atoms. The van der Waals surface area contributed by atoms with Crippen LogP contribution in [0.15, 0.2) is 33.6 Å². The Kier molecular flexibility index (Phi) is 3.73. The molecular formula is C9H13N3O3S. The molecule has 4 N–H and O–H groups in total. The summed E-state index contributed by atoms with van der Waals surface area (Å²) in [7, 11) is -3.82. The highest BCUT2D eigenvalue weighted by Gasteiger charge is 2.13. The van der Waals surface area contributed by atoms with Gasteiger partial charge >= 0.3 is 0 Å². The number of nitrogen functional groups attached to an aromatic ring is 1. The van der Waals surface area contributed by atoms with Crippen molar-refractivity contribution in [1.82, 2.24) is 0 Å². The third kappa shape index (κ3) is 3.13. The van der Waals surface area contributed by atoms with Crippen LogP contribution in [0.3, 0.4) is 0 Å². The molecule has 0 heterocycles. The summed E-state index contributed by atoms with van der Waals surface area (Å²) in [5.74, 6) is 0. The molecule has 1 aromatic carbocycles. The van der Waals surface area contributed by atoms with Gasteiger partial charge in [0.2, 0.25) is 0 Å². The molecule has 0 saturated carbocycles. The van der Waals surface area contributed by atoms with Gasteiger partial charge in [0.1, 0.15) is 0 Å². The lowest BCUT2D eigenvalue weighted by molar-refractivity contribution is 0.323. The summed E-state index contributed by atoms with van der Waals surface area (Å²) in [6.07, 6.45) is 0. The Hall–Kier alpha value is -1.76. The lowest BCUT2D eigenvalue weighted by Gasteiger charge is -2.02. The standard InChI is InChI=1S/C9H13N3O3S/c1-2-15-9(11)12-16(13,14)8-5-3-7(10)4-6-8/h3-6H,2,10H2,1H3,(H2,11,12). The Labute approximate surface area is 94.0 Å². The molecule has 0 radical (unpaired) electrons. The monoisotopic (exact) mass is 243 g/mol. The van der Waals surface area contributed by atoms with Gasteiger partial charge in [0.05, 0.1) is 11.5 Å². The highest BCUT2D eigenvalue weighted by Crippen LogP contribution is 2.14. The normalized spacial score (nSPS) is 12.4. The van der Waals surface area contributed by atoms with Crippen LogP contribution in [0.1, 0.15) is 6.92 Å². The number of nitrogens with two attached hydrogens (primary N) is 2. The molecule has 0 fully saturated rings. The topological polar surface area (TPSA) is 108 Å². The minimum atomic E-state index is -3.82. The van der Waals surface area contributed by atoms with E-state index in [-0.39, 0.29) is 17.5 Å². The van der Waals surface area contributed by atoms with Gasteiger partial charge in [-0.2, -0.15) is 8.42 Å². The molecule has 6 nitrogen and oxygen atoms in total. The maximum Gasteiger partial charge on any atom is 0.298 e. The van der Waals surface area contributed by atoms with Crippen LogP contribution in [0.5, 0.6) is 0 Å². The van der Waals surface area contributed by atoms with E-state index in [1.807, 2.05) is 0 Å². The Morgan fingerprint density at radius 3 is 2.44 bits per heavy atom. The first kappa shape index (κ1) is 12.3. The van der Waals surface area contributed by atoms with Crippen molar-refractivity contribution in [3.05, 3.63) is 24.3 Å². The Bertz CT molecular complexity index is 479. The van der Waals surface area contributed by atoms with Gasteiger partial charge in [-0.1, -0.05) is 0 Å². The average Bonchev–Trinajstić information content (AvgIpc) is 2.17. The second-order valence-electron chi connectivity index (χ2n) is 2.91. The summed E-state index contributed by atoms with van der Waals surface area (Å²) in [5, 5.41) is 0. The van der Waals surface area contributed by atoms with Crippen molar-refractivity contribution in [3.8, 4) is 0 Å². The number of sulfonamides is 1. The van der Waals surface area contributed by atoms with Crippen LogP contribution < -0.4 is 11.5 Å². The molecule has 0 aromatic heterocycles. The zero-order valence-corrected chi connectivity index (χ0v) is 9.57. The van der Waals surface area contributed by atoms with Crippen LogP contribution >= 0.6 is 0 Å². The first-order valence-corrected chi connectivity index (χ1v) is 5.98. The van der Waals surface area contributed by atoms with Gasteiger partial charge in [-0.15, -0.1) is 4.40 Å². The predicted octanol–water partition coefficient (Wildman–Crippen LogP) is 0.309. The number of ether oxygens (including phenoxy) is 1. The van der Waals surface area contributed by atoms with Crippen LogP contribution in [-0.4, -0.2) is 21.0 Å². The number of benzene rings is 1.